The molecule has 0 atom stereocenters. The van der Waals surface area contributed by atoms with Gasteiger partial charge in [0.15, 0.2) is 0 Å². The first kappa shape index (κ1) is 20.0. The highest BCUT2D eigenvalue weighted by Gasteiger charge is 2.36. The SMILES string of the molecule is CC(C)(C)N1CCc2c(cnn2CC(=CF)CN2C(=O)c3ccccc3C2=O)C1=O. The van der Waals surface area contributed by atoms with E-state index in [0.717, 1.165) is 10.6 Å². The smallest absolute Gasteiger partial charge is 0.261 e. The second-order valence-corrected chi connectivity index (χ2v) is 8.55. The van der Waals surface area contributed by atoms with Gasteiger partial charge in [0.2, 0.25) is 0 Å². The summed E-state index contributed by atoms with van der Waals surface area (Å²) >= 11 is 0. The van der Waals surface area contributed by atoms with Crippen LogP contribution in [0.1, 0.15) is 57.5 Å². The minimum absolute atomic E-state index is 0.0576. The van der Waals surface area contributed by atoms with Crippen molar-refractivity contribution in [1.82, 2.24) is 19.6 Å². The van der Waals surface area contributed by atoms with Gasteiger partial charge in [-0.05, 0) is 38.5 Å². The first-order chi connectivity index (χ1) is 14.2. The van der Waals surface area contributed by atoms with Gasteiger partial charge in [-0.2, -0.15) is 5.10 Å². The second-order valence-electron chi connectivity index (χ2n) is 8.55. The topological polar surface area (TPSA) is 75.5 Å². The summed E-state index contributed by atoms with van der Waals surface area (Å²) in [4.78, 5) is 40.7. The molecule has 0 N–H and O–H groups in total. The Morgan fingerprint density at radius 1 is 1.03 bits per heavy atom. The Morgan fingerprint density at radius 2 is 1.67 bits per heavy atom. The summed E-state index contributed by atoms with van der Waals surface area (Å²) < 4.78 is 15.3. The van der Waals surface area contributed by atoms with Crippen molar-refractivity contribution in [3.63, 3.8) is 0 Å². The van der Waals surface area contributed by atoms with E-state index in [-0.39, 0.29) is 30.1 Å². The number of hydrogen-bond donors (Lipinski definition) is 0. The van der Waals surface area contributed by atoms with Crippen LogP contribution in [-0.2, 0) is 13.0 Å². The number of imide groups is 1. The fourth-order valence-electron chi connectivity index (χ4n) is 3.99. The lowest BCUT2D eigenvalue weighted by molar-refractivity contribution is 0.0558. The molecule has 0 aliphatic carbocycles. The number of nitrogens with zero attached hydrogens (tertiary/aromatic N) is 4. The van der Waals surface area contributed by atoms with Gasteiger partial charge in [-0.25, -0.2) is 4.39 Å². The van der Waals surface area contributed by atoms with Crippen molar-refractivity contribution in [2.75, 3.05) is 13.1 Å². The van der Waals surface area contributed by atoms with Crippen molar-refractivity contribution in [1.29, 1.82) is 0 Å². The molecule has 2 aliphatic rings. The fourth-order valence-corrected chi connectivity index (χ4v) is 3.99. The van der Waals surface area contributed by atoms with Crippen LogP contribution in [0, 0.1) is 0 Å². The molecule has 3 amide bonds. The van der Waals surface area contributed by atoms with E-state index < -0.39 is 11.8 Å². The van der Waals surface area contributed by atoms with Crippen LogP contribution in [-0.4, -0.2) is 55.9 Å². The zero-order chi connectivity index (χ0) is 21.6. The van der Waals surface area contributed by atoms with Crippen LogP contribution < -0.4 is 0 Å². The monoisotopic (exact) mass is 410 g/mol. The van der Waals surface area contributed by atoms with Gasteiger partial charge in [0, 0.05) is 18.5 Å². The largest absolute Gasteiger partial charge is 0.333 e. The van der Waals surface area contributed by atoms with Gasteiger partial charge >= 0.3 is 0 Å². The molecule has 156 valence electrons. The highest BCUT2D eigenvalue weighted by molar-refractivity contribution is 6.21. The van der Waals surface area contributed by atoms with Crippen molar-refractivity contribution >= 4 is 17.7 Å². The van der Waals surface area contributed by atoms with E-state index in [4.69, 9.17) is 0 Å². The third-order valence-corrected chi connectivity index (χ3v) is 5.55. The average Bonchev–Trinajstić information content (AvgIpc) is 3.22. The lowest BCUT2D eigenvalue weighted by Crippen LogP contribution is -2.49. The molecule has 1 aromatic heterocycles. The first-order valence-corrected chi connectivity index (χ1v) is 9.82. The number of fused-ring (bicyclic) bond motifs is 2. The van der Waals surface area contributed by atoms with Gasteiger partial charge in [-0.15, -0.1) is 0 Å². The molecule has 0 bridgehead atoms. The molecule has 4 rings (SSSR count). The van der Waals surface area contributed by atoms with Crippen molar-refractivity contribution in [3.05, 3.63) is 64.7 Å². The Balaban J connectivity index is 1.53. The molecular weight excluding hydrogens is 387 g/mol. The Bertz CT molecular complexity index is 1050. The van der Waals surface area contributed by atoms with Crippen LogP contribution in [0.3, 0.4) is 0 Å². The lowest BCUT2D eigenvalue weighted by atomic mass is 9.99. The Labute approximate surface area is 173 Å². The summed E-state index contributed by atoms with van der Waals surface area (Å²) in [6, 6.07) is 6.55. The molecule has 0 spiro atoms. The number of carbonyl (C=O) groups is 3. The van der Waals surface area contributed by atoms with E-state index in [1.165, 1.54) is 6.20 Å². The number of rotatable bonds is 4. The normalized spacial score (nSPS) is 16.9. The maximum absolute atomic E-state index is 13.7. The highest BCUT2D eigenvalue weighted by atomic mass is 19.1. The van der Waals surface area contributed by atoms with Gasteiger partial charge in [0.1, 0.15) is 0 Å². The molecule has 0 saturated carbocycles. The molecule has 0 radical (unpaired) electrons. The van der Waals surface area contributed by atoms with E-state index in [9.17, 15) is 18.8 Å². The summed E-state index contributed by atoms with van der Waals surface area (Å²) in [6.45, 7) is 6.38. The molecule has 0 unspecified atom stereocenters. The molecule has 2 aromatic rings. The number of carbonyl (C=O) groups excluding carboxylic acids is 3. The van der Waals surface area contributed by atoms with E-state index in [0.29, 0.717) is 36.0 Å². The Morgan fingerprint density at radius 3 is 2.23 bits per heavy atom. The minimum atomic E-state index is -0.437. The highest BCUT2D eigenvalue weighted by Crippen LogP contribution is 2.27. The number of aromatic nitrogens is 2. The molecule has 1 aromatic carbocycles. The van der Waals surface area contributed by atoms with Gasteiger partial charge in [0.05, 0.1) is 48.0 Å². The van der Waals surface area contributed by atoms with Gasteiger partial charge in [-0.1, -0.05) is 12.1 Å². The Hall–Kier alpha value is -3.29. The van der Waals surface area contributed by atoms with Crippen molar-refractivity contribution < 1.29 is 18.8 Å². The van der Waals surface area contributed by atoms with Gasteiger partial charge < -0.3 is 4.90 Å². The van der Waals surface area contributed by atoms with Crippen LogP contribution in [0.15, 0.2) is 42.4 Å². The minimum Gasteiger partial charge on any atom is -0.333 e. The standard InChI is InChI=1S/C22H23FN4O3/c1-22(2,3)26-9-8-18-17(21(26)30)11-24-27(18)13-14(10-23)12-25-19(28)15-6-4-5-7-16(15)20(25)29/h4-7,10-11H,8-9,12-13H2,1-3H3. The van der Waals surface area contributed by atoms with Crippen LogP contribution >= 0.6 is 0 Å². The predicted molar refractivity (Wildman–Crippen MR) is 108 cm³/mol. The molecular formula is C22H23FN4O3. The molecule has 30 heavy (non-hydrogen) atoms. The maximum Gasteiger partial charge on any atom is 0.261 e. The van der Waals surface area contributed by atoms with Crippen LogP contribution in [0.5, 0.6) is 0 Å². The number of benzene rings is 1. The third kappa shape index (κ3) is 3.22. The van der Waals surface area contributed by atoms with Crippen LogP contribution in [0.4, 0.5) is 4.39 Å². The quantitative estimate of drug-likeness (QED) is 0.727. The van der Waals surface area contributed by atoms with E-state index in [1.807, 2.05) is 20.8 Å². The van der Waals surface area contributed by atoms with E-state index in [1.54, 1.807) is 33.8 Å². The fraction of sp³-hybridized carbons (Fsp3) is 0.364. The van der Waals surface area contributed by atoms with E-state index in [2.05, 4.69) is 5.10 Å². The summed E-state index contributed by atoms with van der Waals surface area (Å²) in [6.07, 6.45) is 2.52. The van der Waals surface area contributed by atoms with Crippen LogP contribution in [0.25, 0.3) is 0 Å². The zero-order valence-corrected chi connectivity index (χ0v) is 17.2. The maximum atomic E-state index is 13.7. The molecule has 0 saturated heterocycles. The number of hydrogen-bond acceptors (Lipinski definition) is 4. The second kappa shape index (κ2) is 7.19. The van der Waals surface area contributed by atoms with Gasteiger partial charge in [-0.3, -0.25) is 24.0 Å². The Kier molecular flexibility index (Phi) is 4.80. The average molecular weight is 410 g/mol. The predicted octanol–water partition coefficient (Wildman–Crippen LogP) is 2.83. The number of halogens is 1. The molecule has 2 aliphatic heterocycles. The molecule has 3 heterocycles. The van der Waals surface area contributed by atoms with Crippen molar-refractivity contribution in [2.24, 2.45) is 0 Å². The molecule has 7 nitrogen and oxygen atoms in total. The lowest BCUT2D eigenvalue weighted by Gasteiger charge is -2.38. The zero-order valence-electron chi connectivity index (χ0n) is 17.2. The summed E-state index contributed by atoms with van der Waals surface area (Å²) in [5.41, 5.74) is 1.82. The summed E-state index contributed by atoms with van der Waals surface area (Å²) in [5.74, 6) is -0.969. The summed E-state index contributed by atoms with van der Waals surface area (Å²) in [7, 11) is 0. The first-order valence-electron chi connectivity index (χ1n) is 9.82. The van der Waals surface area contributed by atoms with E-state index >= 15 is 0 Å². The van der Waals surface area contributed by atoms with Gasteiger partial charge in [0.25, 0.3) is 17.7 Å². The van der Waals surface area contributed by atoms with Crippen LogP contribution in [0.2, 0.25) is 0 Å². The molecule has 8 heteroatoms. The van der Waals surface area contributed by atoms with Crippen molar-refractivity contribution in [2.45, 2.75) is 39.3 Å². The van der Waals surface area contributed by atoms with Crippen molar-refractivity contribution in [3.8, 4) is 0 Å². The molecule has 0 fully saturated rings. The third-order valence-electron chi connectivity index (χ3n) is 5.55. The summed E-state index contributed by atoms with van der Waals surface area (Å²) in [5, 5.41) is 4.28. The number of amides is 3.